The van der Waals surface area contributed by atoms with Gasteiger partial charge in [-0.2, -0.15) is 0 Å². The molecule has 4 nitrogen and oxygen atoms in total. The number of hydrogen-bond acceptors (Lipinski definition) is 3. The lowest BCUT2D eigenvalue weighted by atomic mass is 10.0. The average molecular weight is 263 g/mol. The van der Waals surface area contributed by atoms with Crippen LogP contribution in [0.4, 0.5) is 0 Å². The Kier molecular flexibility index (Phi) is 4.56. The van der Waals surface area contributed by atoms with E-state index in [4.69, 9.17) is 4.74 Å². The van der Waals surface area contributed by atoms with Crippen LogP contribution in [0.25, 0.3) is 0 Å². The van der Waals surface area contributed by atoms with Crippen LogP contribution in [0.3, 0.4) is 0 Å². The van der Waals surface area contributed by atoms with Gasteiger partial charge >= 0.3 is 0 Å². The third-order valence-corrected chi connectivity index (χ3v) is 3.85. The van der Waals surface area contributed by atoms with E-state index < -0.39 is 0 Å². The third-order valence-electron chi connectivity index (χ3n) is 3.85. The lowest BCUT2D eigenvalue weighted by Crippen LogP contribution is -2.32. The molecule has 1 aromatic rings. The van der Waals surface area contributed by atoms with Gasteiger partial charge in [0, 0.05) is 20.3 Å². The molecule has 0 unspecified atom stereocenters. The lowest BCUT2D eigenvalue weighted by Gasteiger charge is -2.15. The summed E-state index contributed by atoms with van der Waals surface area (Å²) in [5.74, 6) is 0.109. The van der Waals surface area contributed by atoms with Crippen molar-refractivity contribution in [3.05, 3.63) is 35.4 Å². The molecule has 0 radical (unpaired) electrons. The molecule has 0 heterocycles. The molecule has 1 aliphatic carbocycles. The topological polar surface area (TPSA) is 58.6 Å². The molecule has 19 heavy (non-hydrogen) atoms. The fourth-order valence-corrected chi connectivity index (χ4v) is 2.29. The number of aliphatic hydroxyl groups excluding tert-OH is 1. The predicted molar refractivity (Wildman–Crippen MR) is 72.4 cm³/mol. The molecule has 1 amide bonds. The largest absolute Gasteiger partial charge is 0.392 e. The number of benzene rings is 1. The molecule has 1 aliphatic rings. The normalized spacial score (nSPS) is 16.1. The Bertz CT molecular complexity index is 441. The Morgan fingerprint density at radius 1 is 1.37 bits per heavy atom. The number of carbonyl (C=O) groups excluding carboxylic acids is 1. The molecule has 1 fully saturated rings. The van der Waals surface area contributed by atoms with Crippen molar-refractivity contribution < 1.29 is 14.6 Å². The summed E-state index contributed by atoms with van der Waals surface area (Å²) in [5, 5.41) is 12.2. The van der Waals surface area contributed by atoms with Crippen molar-refractivity contribution in [1.82, 2.24) is 5.32 Å². The Balaban J connectivity index is 1.90. The minimum Gasteiger partial charge on any atom is -0.392 e. The quantitative estimate of drug-likeness (QED) is 0.786. The van der Waals surface area contributed by atoms with Crippen LogP contribution in [0.1, 0.15) is 30.4 Å². The van der Waals surface area contributed by atoms with Crippen LogP contribution in [0.5, 0.6) is 0 Å². The smallest absolute Gasteiger partial charge is 0.226 e. The number of amides is 1. The van der Waals surface area contributed by atoms with E-state index in [-0.39, 0.29) is 17.9 Å². The van der Waals surface area contributed by atoms with Gasteiger partial charge in [-0.25, -0.2) is 0 Å². The molecule has 104 valence electrons. The number of aliphatic hydroxyl groups is 1. The zero-order valence-corrected chi connectivity index (χ0v) is 11.3. The highest BCUT2D eigenvalue weighted by molar-refractivity contribution is 5.85. The number of nitrogens with one attached hydrogen (secondary N) is 1. The van der Waals surface area contributed by atoms with Crippen LogP contribution < -0.4 is 5.32 Å². The van der Waals surface area contributed by atoms with Gasteiger partial charge in [-0.3, -0.25) is 4.79 Å². The molecular weight excluding hydrogens is 242 g/mol. The summed E-state index contributed by atoms with van der Waals surface area (Å²) in [4.78, 5) is 12.2. The first-order valence-corrected chi connectivity index (χ1v) is 6.67. The first kappa shape index (κ1) is 14.0. The van der Waals surface area contributed by atoms with Gasteiger partial charge in [-0.15, -0.1) is 0 Å². The molecule has 0 saturated heterocycles. The molecule has 1 saturated carbocycles. The van der Waals surface area contributed by atoms with E-state index in [1.807, 2.05) is 24.3 Å². The van der Waals surface area contributed by atoms with Crippen molar-refractivity contribution in [2.75, 3.05) is 13.7 Å². The first-order chi connectivity index (χ1) is 9.22. The zero-order chi connectivity index (χ0) is 13.7. The molecule has 2 rings (SSSR count). The summed E-state index contributed by atoms with van der Waals surface area (Å²) in [6, 6.07) is 7.61. The Hall–Kier alpha value is -1.39. The fraction of sp³-hybridized carbons (Fsp3) is 0.533. The Labute approximate surface area is 113 Å². The number of ether oxygens (including phenoxy) is 1. The van der Waals surface area contributed by atoms with Gasteiger partial charge in [0.15, 0.2) is 0 Å². The van der Waals surface area contributed by atoms with E-state index in [0.29, 0.717) is 13.2 Å². The second kappa shape index (κ2) is 6.17. The summed E-state index contributed by atoms with van der Waals surface area (Å²) in [5.41, 5.74) is 1.63. The van der Waals surface area contributed by atoms with E-state index in [0.717, 1.165) is 30.4 Å². The van der Waals surface area contributed by atoms with E-state index in [9.17, 15) is 9.90 Å². The number of methoxy groups -OCH3 is 1. The van der Waals surface area contributed by atoms with Crippen LogP contribution in [-0.4, -0.2) is 24.7 Å². The average Bonchev–Trinajstić information content (AvgIpc) is 3.24. The van der Waals surface area contributed by atoms with Gasteiger partial charge in [0.2, 0.25) is 5.91 Å². The first-order valence-electron chi connectivity index (χ1n) is 6.67. The van der Waals surface area contributed by atoms with Gasteiger partial charge in [-0.05, 0) is 30.4 Å². The molecule has 1 aromatic carbocycles. The maximum atomic E-state index is 12.2. The van der Waals surface area contributed by atoms with Crippen LogP contribution in [0.15, 0.2) is 24.3 Å². The van der Waals surface area contributed by atoms with Crippen LogP contribution >= 0.6 is 0 Å². The summed E-state index contributed by atoms with van der Waals surface area (Å²) >= 11 is 0. The van der Waals surface area contributed by atoms with Crippen LogP contribution in [-0.2, 0) is 22.7 Å². The van der Waals surface area contributed by atoms with Crippen molar-refractivity contribution in [2.24, 2.45) is 5.41 Å². The Morgan fingerprint density at radius 2 is 2.05 bits per heavy atom. The zero-order valence-electron chi connectivity index (χ0n) is 11.3. The highest BCUT2D eigenvalue weighted by Crippen LogP contribution is 2.49. The molecule has 0 atom stereocenters. The number of rotatable bonds is 7. The summed E-state index contributed by atoms with van der Waals surface area (Å²) < 4.78 is 5.05. The van der Waals surface area contributed by atoms with Crippen molar-refractivity contribution in [3.63, 3.8) is 0 Å². The van der Waals surface area contributed by atoms with Gasteiger partial charge in [0.1, 0.15) is 0 Å². The molecule has 0 bridgehead atoms. The summed E-state index contributed by atoms with van der Waals surface area (Å²) in [6.45, 7) is 1.10. The van der Waals surface area contributed by atoms with E-state index in [1.165, 1.54) is 0 Å². The second-order valence-electron chi connectivity index (χ2n) is 5.13. The second-order valence-corrected chi connectivity index (χ2v) is 5.13. The van der Waals surface area contributed by atoms with Gasteiger partial charge < -0.3 is 15.2 Å². The standard InChI is InChI=1S/C15H21NO3/c1-19-9-8-15(6-7-15)14(18)16-10-12-4-2-3-5-13(12)11-17/h2-5,17H,6-11H2,1H3,(H,16,18). The minimum absolute atomic E-state index is 0.000855. The molecule has 0 spiro atoms. The molecule has 2 N–H and O–H groups in total. The molecule has 0 aliphatic heterocycles. The lowest BCUT2D eigenvalue weighted by molar-refractivity contribution is -0.127. The maximum absolute atomic E-state index is 12.2. The van der Waals surface area contributed by atoms with Crippen LogP contribution in [0, 0.1) is 5.41 Å². The highest BCUT2D eigenvalue weighted by Gasteiger charge is 2.48. The molecule has 0 aromatic heterocycles. The third kappa shape index (κ3) is 3.33. The van der Waals surface area contributed by atoms with E-state index >= 15 is 0 Å². The van der Waals surface area contributed by atoms with E-state index in [1.54, 1.807) is 7.11 Å². The maximum Gasteiger partial charge on any atom is 0.226 e. The number of carbonyl (C=O) groups is 1. The summed E-state index contributed by atoms with van der Waals surface area (Å²) in [7, 11) is 1.66. The number of hydrogen-bond donors (Lipinski definition) is 2. The van der Waals surface area contributed by atoms with Gasteiger partial charge in [-0.1, -0.05) is 24.3 Å². The SMILES string of the molecule is COCCC1(C(=O)NCc2ccccc2CO)CC1. The van der Waals surface area contributed by atoms with Gasteiger partial charge in [0.25, 0.3) is 0 Å². The minimum atomic E-state index is -0.204. The van der Waals surface area contributed by atoms with Crippen molar-refractivity contribution in [3.8, 4) is 0 Å². The van der Waals surface area contributed by atoms with Gasteiger partial charge in [0.05, 0.1) is 12.0 Å². The predicted octanol–water partition coefficient (Wildman–Crippen LogP) is 1.61. The molecular formula is C15H21NO3. The van der Waals surface area contributed by atoms with Crippen molar-refractivity contribution in [2.45, 2.75) is 32.4 Å². The van der Waals surface area contributed by atoms with Crippen LogP contribution in [0.2, 0.25) is 0 Å². The molecule has 4 heteroatoms. The highest BCUT2D eigenvalue weighted by atomic mass is 16.5. The van der Waals surface area contributed by atoms with E-state index in [2.05, 4.69) is 5.32 Å². The monoisotopic (exact) mass is 263 g/mol. The Morgan fingerprint density at radius 3 is 2.63 bits per heavy atom. The summed E-state index contributed by atoms with van der Waals surface area (Å²) in [6.07, 6.45) is 2.69. The van der Waals surface area contributed by atoms with Crippen molar-refractivity contribution in [1.29, 1.82) is 0 Å². The fourth-order valence-electron chi connectivity index (χ4n) is 2.29. The van der Waals surface area contributed by atoms with Crippen molar-refractivity contribution >= 4 is 5.91 Å².